The Bertz CT molecular complexity index is 1170. The van der Waals surface area contributed by atoms with Gasteiger partial charge in [-0.2, -0.15) is 10.1 Å². The van der Waals surface area contributed by atoms with E-state index in [1.165, 1.54) is 12.8 Å². The highest BCUT2D eigenvalue weighted by molar-refractivity contribution is 6.31. The number of carbonyl (C=O) groups excluding carboxylic acids is 1. The summed E-state index contributed by atoms with van der Waals surface area (Å²) in [6, 6.07) is 5.87. The van der Waals surface area contributed by atoms with Crippen molar-refractivity contribution in [3.8, 4) is 0 Å². The molecule has 3 aliphatic rings. The number of carbonyl (C=O) groups is 1. The molecular formula is C22H23ClN6O2. The average molecular weight is 439 g/mol. The maximum absolute atomic E-state index is 13.1. The van der Waals surface area contributed by atoms with Crippen molar-refractivity contribution in [2.75, 3.05) is 36.5 Å². The molecule has 1 amide bonds. The number of nitrogens with one attached hydrogen (secondary N) is 1. The summed E-state index contributed by atoms with van der Waals surface area (Å²) in [5, 5.41) is 9.24. The zero-order valence-electron chi connectivity index (χ0n) is 17.1. The molecule has 1 N–H and O–H groups in total. The lowest BCUT2D eigenvalue weighted by molar-refractivity contribution is -0.116. The number of fused-ring (bicyclic) bond motifs is 2. The van der Waals surface area contributed by atoms with E-state index in [1.54, 1.807) is 6.07 Å². The second-order valence-electron chi connectivity index (χ2n) is 8.45. The van der Waals surface area contributed by atoms with Crippen LogP contribution >= 0.6 is 11.6 Å². The van der Waals surface area contributed by atoms with Gasteiger partial charge in [0.1, 0.15) is 5.92 Å². The van der Waals surface area contributed by atoms with Crippen LogP contribution in [0.3, 0.4) is 0 Å². The molecule has 9 heteroatoms. The average Bonchev–Trinajstić information content (AvgIpc) is 3.51. The molecule has 3 aromatic rings. The number of benzene rings is 1. The number of morpholine rings is 1. The first kappa shape index (κ1) is 19.0. The molecule has 31 heavy (non-hydrogen) atoms. The lowest BCUT2D eigenvalue weighted by atomic mass is 9.95. The first-order chi connectivity index (χ1) is 15.2. The van der Waals surface area contributed by atoms with Gasteiger partial charge in [0, 0.05) is 30.0 Å². The maximum atomic E-state index is 13.1. The van der Waals surface area contributed by atoms with Crippen LogP contribution in [0.1, 0.15) is 48.9 Å². The normalized spacial score (nSPS) is 21.6. The van der Waals surface area contributed by atoms with Gasteiger partial charge in [-0.05, 0) is 36.6 Å². The summed E-state index contributed by atoms with van der Waals surface area (Å²) in [5.74, 6) is -0.0372. The Morgan fingerprint density at radius 2 is 1.94 bits per heavy atom. The smallest absolute Gasteiger partial charge is 0.238 e. The molecule has 6 rings (SSSR count). The fraction of sp³-hybridized carbons (Fsp3) is 0.455. The standard InChI is InChI=1S/C22H23ClN6O2/c23-13-5-6-17-15(11-13)18(21(30)24-17)19-16-12-29(14-3-1-2-4-14)27-20(16)26-22(25-19)28-7-9-31-10-8-28/h5-6,11-12,14,18H,1-4,7-10H2,(H,24,30). The van der Waals surface area contributed by atoms with E-state index in [0.29, 0.717) is 54.7 Å². The number of hydrogen-bond donors (Lipinski definition) is 1. The molecule has 160 valence electrons. The number of amides is 1. The molecule has 1 aliphatic carbocycles. The molecule has 0 spiro atoms. The summed E-state index contributed by atoms with van der Waals surface area (Å²) in [6.07, 6.45) is 6.70. The maximum Gasteiger partial charge on any atom is 0.238 e. The van der Waals surface area contributed by atoms with Gasteiger partial charge in [-0.15, -0.1) is 0 Å². The van der Waals surface area contributed by atoms with Crippen molar-refractivity contribution in [1.82, 2.24) is 19.7 Å². The van der Waals surface area contributed by atoms with Crippen molar-refractivity contribution >= 4 is 40.2 Å². The van der Waals surface area contributed by atoms with E-state index in [-0.39, 0.29) is 5.91 Å². The molecule has 8 nitrogen and oxygen atoms in total. The summed E-state index contributed by atoms with van der Waals surface area (Å²) in [7, 11) is 0. The van der Waals surface area contributed by atoms with Gasteiger partial charge in [0.05, 0.1) is 30.3 Å². The van der Waals surface area contributed by atoms with E-state index < -0.39 is 5.92 Å². The van der Waals surface area contributed by atoms with E-state index in [1.807, 2.05) is 23.0 Å². The molecule has 1 saturated carbocycles. The first-order valence-electron chi connectivity index (χ1n) is 10.9. The number of ether oxygens (including phenoxy) is 1. The van der Waals surface area contributed by atoms with Crippen LogP contribution in [0, 0.1) is 0 Å². The van der Waals surface area contributed by atoms with Crippen LogP contribution in [0.25, 0.3) is 11.0 Å². The Kier molecular flexibility index (Phi) is 4.57. The number of rotatable bonds is 3. The molecule has 2 fully saturated rings. The number of hydrogen-bond acceptors (Lipinski definition) is 6. The predicted molar refractivity (Wildman–Crippen MR) is 118 cm³/mol. The number of anilines is 2. The lowest BCUT2D eigenvalue weighted by Gasteiger charge is -2.27. The van der Waals surface area contributed by atoms with Gasteiger partial charge < -0.3 is 15.0 Å². The van der Waals surface area contributed by atoms with Crippen molar-refractivity contribution in [3.63, 3.8) is 0 Å². The topological polar surface area (TPSA) is 85.2 Å². The Balaban J connectivity index is 1.53. The minimum atomic E-state index is -0.541. The molecule has 0 bridgehead atoms. The summed E-state index contributed by atoms with van der Waals surface area (Å²) < 4.78 is 7.52. The highest BCUT2D eigenvalue weighted by atomic mass is 35.5. The zero-order valence-corrected chi connectivity index (χ0v) is 17.8. The van der Waals surface area contributed by atoms with E-state index in [4.69, 9.17) is 31.4 Å². The van der Waals surface area contributed by atoms with Gasteiger partial charge in [-0.3, -0.25) is 9.48 Å². The van der Waals surface area contributed by atoms with Crippen molar-refractivity contribution in [3.05, 3.63) is 40.7 Å². The van der Waals surface area contributed by atoms with Gasteiger partial charge in [-0.1, -0.05) is 24.4 Å². The van der Waals surface area contributed by atoms with Crippen molar-refractivity contribution in [2.24, 2.45) is 0 Å². The van der Waals surface area contributed by atoms with Gasteiger partial charge >= 0.3 is 0 Å². The van der Waals surface area contributed by atoms with Crippen LogP contribution in [-0.4, -0.2) is 52.0 Å². The van der Waals surface area contributed by atoms with Crippen molar-refractivity contribution in [2.45, 2.75) is 37.6 Å². The third-order valence-electron chi connectivity index (χ3n) is 6.53. The third-order valence-corrected chi connectivity index (χ3v) is 6.76. The SMILES string of the molecule is O=C1Nc2ccc(Cl)cc2C1c1nc(N2CCOCC2)nc2nn(C3CCCC3)cc12. The summed E-state index contributed by atoms with van der Waals surface area (Å²) in [6.45, 7) is 2.70. The van der Waals surface area contributed by atoms with E-state index in [0.717, 1.165) is 29.5 Å². The number of aromatic nitrogens is 4. The largest absolute Gasteiger partial charge is 0.378 e. The number of halogens is 1. The molecule has 2 aromatic heterocycles. The molecular weight excluding hydrogens is 416 g/mol. The highest BCUT2D eigenvalue weighted by Gasteiger charge is 2.36. The summed E-state index contributed by atoms with van der Waals surface area (Å²) in [5.41, 5.74) is 2.96. The summed E-state index contributed by atoms with van der Waals surface area (Å²) in [4.78, 5) is 24.9. The van der Waals surface area contributed by atoms with Gasteiger partial charge in [-0.25, -0.2) is 4.98 Å². The molecule has 1 atom stereocenters. The third kappa shape index (κ3) is 3.25. The zero-order chi connectivity index (χ0) is 20.9. The highest BCUT2D eigenvalue weighted by Crippen LogP contribution is 2.41. The van der Waals surface area contributed by atoms with Crippen LogP contribution in [0.5, 0.6) is 0 Å². The van der Waals surface area contributed by atoms with Crippen LogP contribution in [-0.2, 0) is 9.53 Å². The second kappa shape index (κ2) is 7.46. The number of nitrogens with zero attached hydrogens (tertiary/aromatic N) is 5. The Hall–Kier alpha value is -2.71. The minimum absolute atomic E-state index is 0.0983. The monoisotopic (exact) mass is 438 g/mol. The minimum Gasteiger partial charge on any atom is -0.378 e. The molecule has 2 aliphatic heterocycles. The van der Waals surface area contributed by atoms with Gasteiger partial charge in [0.2, 0.25) is 11.9 Å². The van der Waals surface area contributed by atoms with Crippen molar-refractivity contribution < 1.29 is 9.53 Å². The van der Waals surface area contributed by atoms with Crippen LogP contribution in [0.15, 0.2) is 24.4 Å². The first-order valence-corrected chi connectivity index (χ1v) is 11.2. The fourth-order valence-corrected chi connectivity index (χ4v) is 5.10. The Morgan fingerprint density at radius 3 is 2.74 bits per heavy atom. The van der Waals surface area contributed by atoms with E-state index >= 15 is 0 Å². The predicted octanol–water partition coefficient (Wildman–Crippen LogP) is 3.52. The van der Waals surface area contributed by atoms with Crippen LogP contribution < -0.4 is 10.2 Å². The quantitative estimate of drug-likeness (QED) is 0.673. The molecule has 1 unspecified atom stereocenters. The second-order valence-corrected chi connectivity index (χ2v) is 8.88. The van der Waals surface area contributed by atoms with Crippen molar-refractivity contribution in [1.29, 1.82) is 0 Å². The molecule has 4 heterocycles. The van der Waals surface area contributed by atoms with Gasteiger partial charge in [0.15, 0.2) is 5.65 Å². The van der Waals surface area contributed by atoms with Crippen LogP contribution in [0.2, 0.25) is 5.02 Å². The van der Waals surface area contributed by atoms with E-state index in [9.17, 15) is 4.79 Å². The molecule has 1 saturated heterocycles. The van der Waals surface area contributed by atoms with E-state index in [2.05, 4.69) is 10.2 Å². The van der Waals surface area contributed by atoms with Gasteiger partial charge in [0.25, 0.3) is 0 Å². The molecule has 0 radical (unpaired) electrons. The molecule has 1 aromatic carbocycles. The lowest BCUT2D eigenvalue weighted by Crippen LogP contribution is -2.37. The Morgan fingerprint density at radius 1 is 1.13 bits per heavy atom. The fourth-order valence-electron chi connectivity index (χ4n) is 4.92. The van der Waals surface area contributed by atoms with Crippen LogP contribution in [0.4, 0.5) is 11.6 Å². The summed E-state index contributed by atoms with van der Waals surface area (Å²) >= 11 is 6.27. The Labute approximate surface area is 184 Å².